The highest BCUT2D eigenvalue weighted by atomic mass is 79.9. The zero-order valence-electron chi connectivity index (χ0n) is 11.9. The van der Waals surface area contributed by atoms with E-state index in [1.807, 2.05) is 13.8 Å². The van der Waals surface area contributed by atoms with Gasteiger partial charge in [0.2, 0.25) is 10.0 Å². The van der Waals surface area contributed by atoms with Crippen LogP contribution in [0.3, 0.4) is 0 Å². The van der Waals surface area contributed by atoms with Crippen LogP contribution in [0.1, 0.15) is 20.3 Å². The highest BCUT2D eigenvalue weighted by Gasteiger charge is 2.21. The maximum atomic E-state index is 12.4. The Bertz CT molecular complexity index is 547. The van der Waals surface area contributed by atoms with Crippen molar-refractivity contribution in [1.29, 1.82) is 0 Å². The molecule has 1 unspecified atom stereocenters. The topological polar surface area (TPSA) is 81.4 Å². The van der Waals surface area contributed by atoms with Gasteiger partial charge in [0.1, 0.15) is 5.75 Å². The number of sulfonamides is 1. The molecule has 114 valence electrons. The summed E-state index contributed by atoms with van der Waals surface area (Å²) in [5, 5.41) is 0. The molecular weight excluding hydrogens is 344 g/mol. The Kier molecular flexibility index (Phi) is 6.44. The molecule has 0 aromatic heterocycles. The molecule has 7 heteroatoms. The number of halogens is 1. The summed E-state index contributed by atoms with van der Waals surface area (Å²) in [6.45, 7) is 4.32. The first kappa shape index (κ1) is 17.4. The van der Waals surface area contributed by atoms with E-state index in [4.69, 9.17) is 10.5 Å². The monoisotopic (exact) mass is 364 g/mol. The van der Waals surface area contributed by atoms with Crippen molar-refractivity contribution in [2.24, 2.45) is 11.7 Å². The molecule has 0 radical (unpaired) electrons. The molecule has 1 aromatic rings. The van der Waals surface area contributed by atoms with Crippen molar-refractivity contribution in [3.63, 3.8) is 0 Å². The minimum atomic E-state index is -3.61. The Morgan fingerprint density at radius 3 is 2.50 bits per heavy atom. The van der Waals surface area contributed by atoms with Crippen LogP contribution in [0.5, 0.6) is 5.75 Å². The minimum absolute atomic E-state index is 0.158. The van der Waals surface area contributed by atoms with Crippen molar-refractivity contribution in [2.75, 3.05) is 13.7 Å². The summed E-state index contributed by atoms with van der Waals surface area (Å²) in [4.78, 5) is 0.158. The van der Waals surface area contributed by atoms with Crippen LogP contribution in [0.15, 0.2) is 27.6 Å². The van der Waals surface area contributed by atoms with E-state index in [1.165, 1.54) is 19.2 Å². The normalized spacial score (nSPS) is 13.5. The van der Waals surface area contributed by atoms with Crippen molar-refractivity contribution < 1.29 is 13.2 Å². The van der Waals surface area contributed by atoms with Crippen molar-refractivity contribution in [1.82, 2.24) is 4.72 Å². The summed E-state index contributed by atoms with van der Waals surface area (Å²) < 4.78 is 33.1. The fourth-order valence-electron chi connectivity index (χ4n) is 1.86. The van der Waals surface area contributed by atoms with Gasteiger partial charge in [0.05, 0.1) is 12.0 Å². The molecule has 0 aliphatic rings. The van der Waals surface area contributed by atoms with Gasteiger partial charge < -0.3 is 10.5 Å². The summed E-state index contributed by atoms with van der Waals surface area (Å²) in [6, 6.07) is 4.45. The molecule has 3 N–H and O–H groups in total. The average Bonchev–Trinajstić information content (AvgIpc) is 2.36. The van der Waals surface area contributed by atoms with E-state index in [0.29, 0.717) is 22.6 Å². The summed E-state index contributed by atoms with van der Waals surface area (Å²) in [6.07, 6.45) is 0.695. The second kappa shape index (κ2) is 7.40. The third-order valence-corrected chi connectivity index (χ3v) is 4.71. The predicted molar refractivity (Wildman–Crippen MR) is 83.3 cm³/mol. The Balaban J connectivity index is 3.01. The Morgan fingerprint density at radius 1 is 1.35 bits per heavy atom. The van der Waals surface area contributed by atoms with Gasteiger partial charge in [-0.2, -0.15) is 0 Å². The van der Waals surface area contributed by atoms with Crippen LogP contribution in [-0.4, -0.2) is 28.1 Å². The SMILES string of the molecule is COc1cc(Br)cc(S(=O)(=O)NC(CN)CC(C)C)c1. The third kappa shape index (κ3) is 5.05. The van der Waals surface area contributed by atoms with Gasteiger partial charge in [0.15, 0.2) is 0 Å². The number of hydrogen-bond donors (Lipinski definition) is 2. The van der Waals surface area contributed by atoms with E-state index in [0.717, 1.165) is 0 Å². The standard InChI is InChI=1S/C13H21BrN2O3S/c1-9(2)4-11(8-15)16-20(17,18)13-6-10(14)5-12(7-13)19-3/h5-7,9,11,16H,4,8,15H2,1-3H3. The number of nitrogens with two attached hydrogens (primary N) is 1. The van der Waals surface area contributed by atoms with Gasteiger partial charge in [-0.3, -0.25) is 0 Å². The molecule has 0 aliphatic heterocycles. The lowest BCUT2D eigenvalue weighted by atomic mass is 10.1. The molecule has 1 aromatic carbocycles. The van der Waals surface area contributed by atoms with Gasteiger partial charge >= 0.3 is 0 Å². The number of rotatable bonds is 7. The minimum Gasteiger partial charge on any atom is -0.497 e. The number of benzene rings is 1. The quantitative estimate of drug-likeness (QED) is 0.776. The number of nitrogens with one attached hydrogen (secondary N) is 1. The van der Waals surface area contributed by atoms with E-state index in [2.05, 4.69) is 20.7 Å². The van der Waals surface area contributed by atoms with Crippen LogP contribution < -0.4 is 15.2 Å². The fourth-order valence-corrected chi connectivity index (χ4v) is 3.80. The Labute approximate surface area is 129 Å². The Morgan fingerprint density at radius 2 is 2.00 bits per heavy atom. The van der Waals surface area contributed by atoms with Gasteiger partial charge in [0.25, 0.3) is 0 Å². The smallest absolute Gasteiger partial charge is 0.241 e. The highest BCUT2D eigenvalue weighted by Crippen LogP contribution is 2.24. The number of hydrogen-bond acceptors (Lipinski definition) is 4. The summed E-state index contributed by atoms with van der Waals surface area (Å²) in [7, 11) is -2.12. The molecule has 0 heterocycles. The molecule has 1 atom stereocenters. The van der Waals surface area contributed by atoms with Crippen LogP contribution in [0, 0.1) is 5.92 Å². The molecule has 0 bridgehead atoms. The fraction of sp³-hybridized carbons (Fsp3) is 0.538. The number of ether oxygens (including phenoxy) is 1. The maximum Gasteiger partial charge on any atom is 0.241 e. The van der Waals surface area contributed by atoms with Gasteiger partial charge in [-0.25, -0.2) is 13.1 Å². The summed E-state index contributed by atoms with van der Waals surface area (Å²) >= 11 is 3.27. The zero-order valence-corrected chi connectivity index (χ0v) is 14.3. The predicted octanol–water partition coefficient (Wildman–Crippen LogP) is 2.11. The first-order valence-electron chi connectivity index (χ1n) is 6.35. The van der Waals surface area contributed by atoms with E-state index >= 15 is 0 Å². The van der Waals surface area contributed by atoms with E-state index < -0.39 is 10.0 Å². The summed E-state index contributed by atoms with van der Waals surface area (Å²) in [5.74, 6) is 0.844. The molecule has 20 heavy (non-hydrogen) atoms. The van der Waals surface area contributed by atoms with Crippen molar-refractivity contribution in [3.8, 4) is 5.75 Å². The average molecular weight is 365 g/mol. The van der Waals surface area contributed by atoms with Gasteiger partial charge in [-0.05, 0) is 24.5 Å². The van der Waals surface area contributed by atoms with Crippen LogP contribution in [0.4, 0.5) is 0 Å². The molecule has 1 rings (SSSR count). The number of methoxy groups -OCH3 is 1. The molecular formula is C13H21BrN2O3S. The van der Waals surface area contributed by atoms with Crippen molar-refractivity contribution in [2.45, 2.75) is 31.2 Å². The lowest BCUT2D eigenvalue weighted by molar-refractivity contribution is 0.413. The van der Waals surface area contributed by atoms with E-state index in [9.17, 15) is 8.42 Å². The molecule has 5 nitrogen and oxygen atoms in total. The first-order chi connectivity index (χ1) is 9.28. The second-order valence-electron chi connectivity index (χ2n) is 5.01. The van der Waals surface area contributed by atoms with Crippen molar-refractivity contribution >= 4 is 26.0 Å². The van der Waals surface area contributed by atoms with E-state index in [-0.39, 0.29) is 17.5 Å². The van der Waals surface area contributed by atoms with Crippen LogP contribution in [0.2, 0.25) is 0 Å². The van der Waals surface area contributed by atoms with Crippen LogP contribution >= 0.6 is 15.9 Å². The van der Waals surface area contributed by atoms with Crippen LogP contribution in [-0.2, 0) is 10.0 Å². The third-order valence-electron chi connectivity index (χ3n) is 2.75. The molecule has 0 amide bonds. The van der Waals surface area contributed by atoms with Gasteiger partial charge in [-0.1, -0.05) is 29.8 Å². The van der Waals surface area contributed by atoms with Gasteiger partial charge in [-0.15, -0.1) is 0 Å². The first-order valence-corrected chi connectivity index (χ1v) is 8.63. The largest absolute Gasteiger partial charge is 0.497 e. The van der Waals surface area contributed by atoms with E-state index in [1.54, 1.807) is 6.07 Å². The van der Waals surface area contributed by atoms with Crippen molar-refractivity contribution in [3.05, 3.63) is 22.7 Å². The second-order valence-corrected chi connectivity index (χ2v) is 7.64. The maximum absolute atomic E-state index is 12.4. The zero-order chi connectivity index (χ0) is 15.3. The molecule has 0 saturated heterocycles. The molecule has 0 saturated carbocycles. The highest BCUT2D eigenvalue weighted by molar-refractivity contribution is 9.10. The lowest BCUT2D eigenvalue weighted by Crippen LogP contribution is -2.40. The lowest BCUT2D eigenvalue weighted by Gasteiger charge is -2.19. The Hall–Kier alpha value is -0.630. The molecule has 0 spiro atoms. The molecule has 0 fully saturated rings. The van der Waals surface area contributed by atoms with Crippen LogP contribution in [0.25, 0.3) is 0 Å². The molecule has 0 aliphatic carbocycles. The summed E-state index contributed by atoms with van der Waals surface area (Å²) in [5.41, 5.74) is 5.63. The van der Waals surface area contributed by atoms with Gasteiger partial charge in [0, 0.05) is 23.1 Å².